The van der Waals surface area contributed by atoms with Crippen LogP contribution >= 0.6 is 12.6 Å². The molecule has 0 saturated heterocycles. The maximum absolute atomic E-state index is 12.6. The monoisotopic (exact) mass is 263 g/mol. The average Bonchev–Trinajstić information content (AvgIpc) is 3.12. The van der Waals surface area contributed by atoms with Crippen molar-refractivity contribution in [3.63, 3.8) is 0 Å². The molecule has 0 unspecified atom stereocenters. The molecule has 0 radical (unpaired) electrons. The first-order valence-corrected chi connectivity index (χ1v) is 7.04. The van der Waals surface area contributed by atoms with Crippen molar-refractivity contribution in [3.05, 3.63) is 29.3 Å². The average molecular weight is 263 g/mol. The van der Waals surface area contributed by atoms with Crippen LogP contribution in [0.25, 0.3) is 0 Å². The Morgan fingerprint density at radius 2 is 2.11 bits per heavy atom. The number of rotatable bonds is 4. The van der Waals surface area contributed by atoms with Gasteiger partial charge in [-0.2, -0.15) is 0 Å². The summed E-state index contributed by atoms with van der Waals surface area (Å²) >= 11 is 4.33. The van der Waals surface area contributed by atoms with E-state index in [1.54, 1.807) is 0 Å². The molecule has 0 bridgehead atoms. The third kappa shape index (κ3) is 3.08. The number of thiol groups is 1. The van der Waals surface area contributed by atoms with Gasteiger partial charge in [0.25, 0.3) is 5.91 Å². The summed E-state index contributed by atoms with van der Waals surface area (Å²) in [6.07, 6.45) is 2.30. The van der Waals surface area contributed by atoms with Gasteiger partial charge in [0.2, 0.25) is 0 Å². The largest absolute Gasteiger partial charge is 0.335 e. The third-order valence-corrected chi connectivity index (χ3v) is 3.54. The van der Waals surface area contributed by atoms with Crippen LogP contribution in [-0.4, -0.2) is 23.4 Å². The lowest BCUT2D eigenvalue weighted by atomic mass is 10.1. The van der Waals surface area contributed by atoms with E-state index >= 15 is 0 Å². The SMILES string of the molecule is Cc1ccc(S)cc1C(=O)N(CC(C)C)C1CC1. The summed E-state index contributed by atoms with van der Waals surface area (Å²) in [7, 11) is 0. The predicted molar refractivity (Wildman–Crippen MR) is 77.3 cm³/mol. The quantitative estimate of drug-likeness (QED) is 0.824. The Morgan fingerprint density at radius 3 is 2.67 bits per heavy atom. The summed E-state index contributed by atoms with van der Waals surface area (Å²) in [5.41, 5.74) is 1.84. The van der Waals surface area contributed by atoms with Crippen LogP contribution < -0.4 is 0 Å². The molecular formula is C15H21NOS. The van der Waals surface area contributed by atoms with Crippen LogP contribution in [0.2, 0.25) is 0 Å². The van der Waals surface area contributed by atoms with Crippen LogP contribution in [0.3, 0.4) is 0 Å². The van der Waals surface area contributed by atoms with Gasteiger partial charge in [0.1, 0.15) is 0 Å². The second kappa shape index (κ2) is 5.35. The minimum Gasteiger partial charge on any atom is -0.335 e. The Morgan fingerprint density at radius 1 is 1.44 bits per heavy atom. The van der Waals surface area contributed by atoms with Crippen LogP contribution in [0.15, 0.2) is 23.1 Å². The van der Waals surface area contributed by atoms with Gasteiger partial charge in [0, 0.05) is 23.0 Å². The normalized spacial score (nSPS) is 14.9. The fourth-order valence-electron chi connectivity index (χ4n) is 2.17. The maximum Gasteiger partial charge on any atom is 0.254 e. The molecule has 0 aromatic heterocycles. The first-order valence-electron chi connectivity index (χ1n) is 6.59. The Hall–Kier alpha value is -0.960. The molecule has 1 saturated carbocycles. The van der Waals surface area contributed by atoms with E-state index in [-0.39, 0.29) is 5.91 Å². The molecule has 3 heteroatoms. The van der Waals surface area contributed by atoms with Gasteiger partial charge in [-0.25, -0.2) is 0 Å². The summed E-state index contributed by atoms with van der Waals surface area (Å²) < 4.78 is 0. The minimum absolute atomic E-state index is 0.166. The van der Waals surface area contributed by atoms with Gasteiger partial charge in [0.05, 0.1) is 0 Å². The molecule has 0 atom stereocenters. The van der Waals surface area contributed by atoms with Crippen LogP contribution in [0, 0.1) is 12.8 Å². The molecule has 18 heavy (non-hydrogen) atoms. The smallest absolute Gasteiger partial charge is 0.254 e. The molecule has 1 aliphatic rings. The minimum atomic E-state index is 0.166. The topological polar surface area (TPSA) is 20.3 Å². The molecule has 0 aliphatic heterocycles. The van der Waals surface area contributed by atoms with E-state index in [0.29, 0.717) is 12.0 Å². The van der Waals surface area contributed by atoms with Crippen molar-refractivity contribution in [2.24, 2.45) is 5.92 Å². The first-order chi connectivity index (χ1) is 8.49. The predicted octanol–water partition coefficient (Wildman–Crippen LogP) is 3.54. The number of benzene rings is 1. The standard InChI is InChI=1S/C15H21NOS/c1-10(2)9-16(12-5-6-12)15(17)14-8-13(18)7-4-11(14)3/h4,7-8,10,12,18H,5-6,9H2,1-3H3. The Balaban J connectivity index is 2.24. The van der Waals surface area contributed by atoms with Crippen molar-refractivity contribution in [1.82, 2.24) is 4.90 Å². The number of hydrogen-bond acceptors (Lipinski definition) is 2. The van der Waals surface area contributed by atoms with E-state index in [0.717, 1.165) is 35.4 Å². The van der Waals surface area contributed by atoms with Gasteiger partial charge in [-0.3, -0.25) is 4.79 Å². The van der Waals surface area contributed by atoms with Gasteiger partial charge in [-0.1, -0.05) is 19.9 Å². The van der Waals surface area contributed by atoms with Crippen LogP contribution in [0.5, 0.6) is 0 Å². The van der Waals surface area contributed by atoms with E-state index in [2.05, 4.69) is 26.5 Å². The Labute approximate surface area is 115 Å². The van der Waals surface area contributed by atoms with Crippen molar-refractivity contribution < 1.29 is 4.79 Å². The zero-order valence-electron chi connectivity index (χ0n) is 11.3. The summed E-state index contributed by atoms with van der Waals surface area (Å²) in [5, 5.41) is 0. The number of hydrogen-bond donors (Lipinski definition) is 1. The second-order valence-electron chi connectivity index (χ2n) is 5.58. The number of carbonyl (C=O) groups excluding carboxylic acids is 1. The molecular weight excluding hydrogens is 242 g/mol. The highest BCUT2D eigenvalue weighted by Crippen LogP contribution is 2.30. The van der Waals surface area contributed by atoms with Crippen molar-refractivity contribution in [3.8, 4) is 0 Å². The Kier molecular flexibility index (Phi) is 4.00. The van der Waals surface area contributed by atoms with Crippen LogP contribution in [0.1, 0.15) is 42.6 Å². The van der Waals surface area contributed by atoms with Gasteiger partial charge in [-0.05, 0) is 43.4 Å². The van der Waals surface area contributed by atoms with E-state index in [1.165, 1.54) is 0 Å². The fourth-order valence-corrected chi connectivity index (χ4v) is 2.38. The van der Waals surface area contributed by atoms with Crippen LogP contribution in [-0.2, 0) is 0 Å². The molecule has 98 valence electrons. The number of amides is 1. The summed E-state index contributed by atoms with van der Waals surface area (Å²) in [6.45, 7) is 7.15. The first kappa shape index (κ1) is 13.5. The molecule has 1 fully saturated rings. The van der Waals surface area contributed by atoms with Gasteiger partial charge in [-0.15, -0.1) is 12.6 Å². The van der Waals surface area contributed by atoms with Crippen LogP contribution in [0.4, 0.5) is 0 Å². The molecule has 1 aromatic rings. The maximum atomic E-state index is 12.6. The number of nitrogens with zero attached hydrogens (tertiary/aromatic N) is 1. The molecule has 2 nitrogen and oxygen atoms in total. The van der Waals surface area contributed by atoms with Crippen molar-refractivity contribution in [2.45, 2.75) is 44.6 Å². The lowest BCUT2D eigenvalue weighted by molar-refractivity contribution is 0.0721. The zero-order chi connectivity index (χ0) is 13.3. The van der Waals surface area contributed by atoms with Crippen molar-refractivity contribution in [2.75, 3.05) is 6.54 Å². The lowest BCUT2D eigenvalue weighted by Crippen LogP contribution is -2.36. The summed E-state index contributed by atoms with van der Waals surface area (Å²) in [5.74, 6) is 0.675. The molecule has 1 aromatic carbocycles. The number of carbonyl (C=O) groups is 1. The molecule has 1 aliphatic carbocycles. The summed E-state index contributed by atoms with van der Waals surface area (Å²) in [6, 6.07) is 6.24. The highest BCUT2D eigenvalue weighted by atomic mass is 32.1. The van der Waals surface area contributed by atoms with E-state index in [9.17, 15) is 4.79 Å². The third-order valence-electron chi connectivity index (χ3n) is 3.26. The molecule has 1 amide bonds. The van der Waals surface area contributed by atoms with Gasteiger partial charge >= 0.3 is 0 Å². The lowest BCUT2D eigenvalue weighted by Gasteiger charge is -2.25. The molecule has 0 spiro atoms. The van der Waals surface area contributed by atoms with Gasteiger partial charge < -0.3 is 4.90 Å². The molecule has 0 heterocycles. The fraction of sp³-hybridized carbons (Fsp3) is 0.533. The molecule has 0 N–H and O–H groups in total. The zero-order valence-corrected chi connectivity index (χ0v) is 12.2. The highest BCUT2D eigenvalue weighted by Gasteiger charge is 2.33. The number of aryl methyl sites for hydroxylation is 1. The summed E-state index contributed by atoms with van der Waals surface area (Å²) in [4.78, 5) is 15.5. The second-order valence-corrected chi connectivity index (χ2v) is 6.10. The Bertz CT molecular complexity index is 452. The molecule has 2 rings (SSSR count). The van der Waals surface area contributed by atoms with E-state index in [4.69, 9.17) is 0 Å². The van der Waals surface area contributed by atoms with Gasteiger partial charge in [0.15, 0.2) is 0 Å². The van der Waals surface area contributed by atoms with Crippen molar-refractivity contribution in [1.29, 1.82) is 0 Å². The van der Waals surface area contributed by atoms with E-state index in [1.807, 2.05) is 30.0 Å². The highest BCUT2D eigenvalue weighted by molar-refractivity contribution is 7.80. The van der Waals surface area contributed by atoms with E-state index < -0.39 is 0 Å². The van der Waals surface area contributed by atoms with Crippen molar-refractivity contribution >= 4 is 18.5 Å².